The molecular weight excluding hydrogens is 416 g/mol. The third-order valence-electron chi connectivity index (χ3n) is 7.13. The lowest BCUT2D eigenvalue weighted by Crippen LogP contribution is -2.51. The first-order valence-electron chi connectivity index (χ1n) is 11.9. The van der Waals surface area contributed by atoms with Crippen molar-refractivity contribution in [3.63, 3.8) is 0 Å². The fraction of sp³-hybridized carbons (Fsp3) is 0.500. The molecule has 0 radical (unpaired) electrons. The molecule has 5 rings (SSSR count). The standard InChI is InChI=1S/C26H32N4OS/c1-17-8-7-9-18(2)30(17)26(31)21-12-14-29(15-13-21)24-22-16-23(20-10-5-4-6-11-20)32-25(22)28-19(3)27-24/h4-6,10-11,16-18,21H,7-9,12-15H2,1-3H3. The van der Waals surface area contributed by atoms with Gasteiger partial charge in [-0.3, -0.25) is 4.79 Å². The van der Waals surface area contributed by atoms with Gasteiger partial charge in [0.15, 0.2) is 0 Å². The highest BCUT2D eigenvalue weighted by Gasteiger charge is 2.35. The molecule has 3 aromatic rings. The van der Waals surface area contributed by atoms with Crippen LogP contribution in [0.15, 0.2) is 36.4 Å². The summed E-state index contributed by atoms with van der Waals surface area (Å²) >= 11 is 1.73. The summed E-state index contributed by atoms with van der Waals surface area (Å²) in [6.45, 7) is 8.14. The van der Waals surface area contributed by atoms with Crippen LogP contribution in [0.4, 0.5) is 5.82 Å². The van der Waals surface area contributed by atoms with Crippen LogP contribution in [0.2, 0.25) is 0 Å². The minimum absolute atomic E-state index is 0.134. The van der Waals surface area contributed by atoms with Crippen LogP contribution in [0.25, 0.3) is 20.7 Å². The van der Waals surface area contributed by atoms with E-state index in [0.717, 1.165) is 60.6 Å². The summed E-state index contributed by atoms with van der Waals surface area (Å²) in [6.07, 6.45) is 5.30. The van der Waals surface area contributed by atoms with Crippen molar-refractivity contribution in [3.8, 4) is 10.4 Å². The van der Waals surface area contributed by atoms with Gasteiger partial charge in [0.05, 0.1) is 5.39 Å². The topological polar surface area (TPSA) is 49.3 Å². The molecule has 1 aromatic carbocycles. The number of carbonyl (C=O) groups is 1. The molecule has 32 heavy (non-hydrogen) atoms. The van der Waals surface area contributed by atoms with Crippen molar-refractivity contribution >= 4 is 33.3 Å². The van der Waals surface area contributed by atoms with Gasteiger partial charge in [-0.1, -0.05) is 30.3 Å². The van der Waals surface area contributed by atoms with Crippen molar-refractivity contribution in [2.75, 3.05) is 18.0 Å². The molecule has 168 valence electrons. The molecule has 2 saturated heterocycles. The second-order valence-corrected chi connectivity index (χ2v) is 10.5. The average molecular weight is 449 g/mol. The molecule has 2 atom stereocenters. The van der Waals surface area contributed by atoms with Crippen LogP contribution >= 0.6 is 11.3 Å². The lowest BCUT2D eigenvalue weighted by molar-refractivity contribution is -0.142. The van der Waals surface area contributed by atoms with Crippen molar-refractivity contribution in [1.82, 2.24) is 14.9 Å². The van der Waals surface area contributed by atoms with Gasteiger partial charge in [-0.2, -0.15) is 0 Å². The summed E-state index contributed by atoms with van der Waals surface area (Å²) in [5, 5.41) is 1.13. The molecule has 1 amide bonds. The van der Waals surface area contributed by atoms with Crippen LogP contribution < -0.4 is 4.90 Å². The Morgan fingerprint density at radius 3 is 2.38 bits per heavy atom. The molecule has 6 heteroatoms. The largest absolute Gasteiger partial charge is 0.356 e. The lowest BCUT2D eigenvalue weighted by atomic mass is 9.90. The van der Waals surface area contributed by atoms with E-state index in [1.807, 2.05) is 13.0 Å². The van der Waals surface area contributed by atoms with E-state index in [4.69, 9.17) is 9.97 Å². The van der Waals surface area contributed by atoms with Gasteiger partial charge in [-0.15, -0.1) is 11.3 Å². The molecule has 0 bridgehead atoms. The second-order valence-electron chi connectivity index (χ2n) is 9.43. The number of amides is 1. The fourth-order valence-electron chi connectivity index (χ4n) is 5.40. The Morgan fingerprint density at radius 2 is 1.69 bits per heavy atom. The monoisotopic (exact) mass is 448 g/mol. The van der Waals surface area contributed by atoms with Gasteiger partial charge >= 0.3 is 0 Å². The first kappa shape index (κ1) is 21.4. The number of piperidine rings is 2. The van der Waals surface area contributed by atoms with E-state index >= 15 is 0 Å². The average Bonchev–Trinajstić information content (AvgIpc) is 3.23. The van der Waals surface area contributed by atoms with Gasteiger partial charge in [0.1, 0.15) is 16.5 Å². The van der Waals surface area contributed by atoms with E-state index in [9.17, 15) is 4.79 Å². The number of rotatable bonds is 3. The number of thiophene rings is 1. The number of aryl methyl sites for hydroxylation is 1. The summed E-state index contributed by atoms with van der Waals surface area (Å²) in [5.41, 5.74) is 1.22. The summed E-state index contributed by atoms with van der Waals surface area (Å²) in [5.74, 6) is 2.34. The van der Waals surface area contributed by atoms with Crippen LogP contribution in [0.5, 0.6) is 0 Å². The zero-order valence-corrected chi connectivity index (χ0v) is 20.1. The summed E-state index contributed by atoms with van der Waals surface area (Å²) < 4.78 is 0. The van der Waals surface area contributed by atoms with Crippen molar-refractivity contribution in [3.05, 3.63) is 42.2 Å². The van der Waals surface area contributed by atoms with Gasteiger partial charge in [0.2, 0.25) is 5.91 Å². The van der Waals surface area contributed by atoms with Gasteiger partial charge < -0.3 is 9.80 Å². The third kappa shape index (κ3) is 4.01. The van der Waals surface area contributed by atoms with E-state index in [1.165, 1.54) is 16.9 Å². The Bertz CT molecular complexity index is 1090. The van der Waals surface area contributed by atoms with E-state index in [0.29, 0.717) is 18.0 Å². The zero-order valence-electron chi connectivity index (χ0n) is 19.3. The smallest absolute Gasteiger partial charge is 0.226 e. The van der Waals surface area contributed by atoms with Gasteiger partial charge in [0, 0.05) is 36.0 Å². The minimum atomic E-state index is 0.134. The number of fused-ring (bicyclic) bond motifs is 1. The van der Waals surface area contributed by atoms with E-state index < -0.39 is 0 Å². The highest BCUT2D eigenvalue weighted by Crippen LogP contribution is 2.38. The number of carbonyl (C=O) groups excluding carboxylic acids is 1. The van der Waals surface area contributed by atoms with Gasteiger partial charge in [-0.05, 0) is 64.5 Å². The van der Waals surface area contributed by atoms with E-state index in [-0.39, 0.29) is 5.92 Å². The number of anilines is 1. The highest BCUT2D eigenvalue weighted by atomic mass is 32.1. The van der Waals surface area contributed by atoms with Crippen molar-refractivity contribution in [1.29, 1.82) is 0 Å². The number of hydrogen-bond acceptors (Lipinski definition) is 5. The number of likely N-dealkylation sites (tertiary alicyclic amines) is 1. The predicted molar refractivity (Wildman–Crippen MR) is 132 cm³/mol. The molecule has 0 N–H and O–H groups in total. The van der Waals surface area contributed by atoms with Crippen molar-refractivity contribution in [2.24, 2.45) is 5.92 Å². The first-order valence-corrected chi connectivity index (χ1v) is 12.7. The van der Waals surface area contributed by atoms with E-state index in [2.05, 4.69) is 54.0 Å². The van der Waals surface area contributed by atoms with Gasteiger partial charge in [-0.25, -0.2) is 9.97 Å². The molecule has 0 aliphatic carbocycles. The maximum atomic E-state index is 13.3. The summed E-state index contributed by atoms with van der Waals surface area (Å²) in [7, 11) is 0. The molecule has 5 nitrogen and oxygen atoms in total. The Kier molecular flexibility index (Phi) is 5.89. The molecule has 4 heterocycles. The van der Waals surface area contributed by atoms with Gasteiger partial charge in [0.25, 0.3) is 0 Å². The molecule has 2 aliphatic rings. The number of aromatic nitrogens is 2. The van der Waals surface area contributed by atoms with Crippen LogP contribution in [0, 0.1) is 12.8 Å². The second kappa shape index (κ2) is 8.81. The first-order chi connectivity index (χ1) is 15.5. The minimum Gasteiger partial charge on any atom is -0.356 e. The molecular formula is C26H32N4OS. The Balaban J connectivity index is 1.36. The number of benzene rings is 1. The third-order valence-corrected chi connectivity index (χ3v) is 8.21. The van der Waals surface area contributed by atoms with Crippen LogP contribution in [0.3, 0.4) is 0 Å². The lowest BCUT2D eigenvalue weighted by Gasteiger charge is -2.42. The SMILES string of the molecule is Cc1nc(N2CCC(C(=O)N3C(C)CCCC3C)CC2)c2cc(-c3ccccc3)sc2n1. The number of hydrogen-bond donors (Lipinski definition) is 0. The predicted octanol–water partition coefficient (Wildman–Crippen LogP) is 5.67. The highest BCUT2D eigenvalue weighted by molar-refractivity contribution is 7.21. The Morgan fingerprint density at radius 1 is 1.00 bits per heavy atom. The Labute approximate surface area is 194 Å². The van der Waals surface area contributed by atoms with Crippen molar-refractivity contribution in [2.45, 2.75) is 65.0 Å². The molecule has 0 saturated carbocycles. The molecule has 2 unspecified atom stereocenters. The maximum absolute atomic E-state index is 13.3. The number of nitrogens with zero attached hydrogens (tertiary/aromatic N) is 4. The summed E-state index contributed by atoms with van der Waals surface area (Å²) in [4.78, 5) is 29.7. The molecule has 2 fully saturated rings. The van der Waals surface area contributed by atoms with Crippen molar-refractivity contribution < 1.29 is 4.79 Å². The molecule has 2 aromatic heterocycles. The quantitative estimate of drug-likeness (QED) is 0.518. The van der Waals surface area contributed by atoms with Crippen LogP contribution in [-0.2, 0) is 4.79 Å². The van der Waals surface area contributed by atoms with E-state index in [1.54, 1.807) is 11.3 Å². The summed E-state index contributed by atoms with van der Waals surface area (Å²) in [6, 6.07) is 13.5. The molecule has 2 aliphatic heterocycles. The fourth-order valence-corrected chi connectivity index (χ4v) is 6.48. The normalized spacial score (nSPS) is 22.5. The Hall–Kier alpha value is -2.47. The maximum Gasteiger partial charge on any atom is 0.226 e. The molecule has 0 spiro atoms. The zero-order chi connectivity index (χ0) is 22.2. The van der Waals surface area contributed by atoms with Crippen LogP contribution in [-0.4, -0.2) is 45.9 Å². The van der Waals surface area contributed by atoms with Crippen LogP contribution in [0.1, 0.15) is 51.8 Å².